The van der Waals surface area contributed by atoms with Crippen molar-refractivity contribution in [2.75, 3.05) is 0 Å². The molecule has 2 aromatic carbocycles. The maximum absolute atomic E-state index is 6.34. The maximum Gasteiger partial charge on any atom is 0.120 e. The molecule has 0 fully saturated rings. The second kappa shape index (κ2) is 6.58. The van der Waals surface area contributed by atoms with Gasteiger partial charge in [-0.3, -0.25) is 0 Å². The first kappa shape index (κ1) is 14.6. The van der Waals surface area contributed by atoms with E-state index in [-0.39, 0.29) is 12.1 Å². The number of hydrogen-bond acceptors (Lipinski definition) is 2. The molecule has 1 atom stereocenters. The van der Waals surface area contributed by atoms with Crippen LogP contribution in [0.4, 0.5) is 0 Å². The van der Waals surface area contributed by atoms with Crippen molar-refractivity contribution in [2.24, 2.45) is 5.73 Å². The lowest BCUT2D eigenvalue weighted by molar-refractivity contribution is 0.242. The van der Waals surface area contributed by atoms with Gasteiger partial charge in [0, 0.05) is 6.04 Å². The molecule has 0 aliphatic rings. The zero-order chi connectivity index (χ0) is 14.5. The van der Waals surface area contributed by atoms with Crippen LogP contribution in [0.1, 0.15) is 36.6 Å². The van der Waals surface area contributed by atoms with Crippen molar-refractivity contribution in [3.8, 4) is 5.75 Å². The van der Waals surface area contributed by atoms with Gasteiger partial charge in [-0.2, -0.15) is 0 Å². The molecule has 0 heterocycles. The Kier molecular flexibility index (Phi) is 4.80. The fourth-order valence-corrected chi connectivity index (χ4v) is 2.28. The van der Waals surface area contributed by atoms with Crippen molar-refractivity contribution in [3.05, 3.63) is 65.2 Å². The second-order valence-corrected chi connectivity index (χ2v) is 5.48. The van der Waals surface area contributed by atoms with Crippen LogP contribution >= 0.6 is 0 Å². The summed E-state index contributed by atoms with van der Waals surface area (Å²) in [6, 6.07) is 16.5. The van der Waals surface area contributed by atoms with Crippen LogP contribution in [0, 0.1) is 6.92 Å². The van der Waals surface area contributed by atoms with Gasteiger partial charge in [0.05, 0.1) is 6.10 Å². The second-order valence-electron chi connectivity index (χ2n) is 5.48. The third kappa shape index (κ3) is 3.84. The van der Waals surface area contributed by atoms with Crippen molar-refractivity contribution < 1.29 is 4.74 Å². The number of nitrogens with two attached hydrogens (primary N) is 1. The molecule has 2 nitrogen and oxygen atoms in total. The van der Waals surface area contributed by atoms with Crippen molar-refractivity contribution in [1.29, 1.82) is 0 Å². The third-order valence-corrected chi connectivity index (χ3v) is 3.36. The SMILES string of the molecule is Cc1ccccc1CC(N)c1cccc(OC(C)C)c1. The van der Waals surface area contributed by atoms with E-state index < -0.39 is 0 Å². The van der Waals surface area contributed by atoms with Gasteiger partial charge in [-0.1, -0.05) is 36.4 Å². The minimum Gasteiger partial charge on any atom is -0.491 e. The first-order chi connectivity index (χ1) is 9.56. The highest BCUT2D eigenvalue weighted by atomic mass is 16.5. The number of benzene rings is 2. The zero-order valence-electron chi connectivity index (χ0n) is 12.5. The molecule has 0 aromatic heterocycles. The first-order valence-electron chi connectivity index (χ1n) is 7.13. The molecule has 0 saturated heterocycles. The molecule has 0 radical (unpaired) electrons. The average Bonchev–Trinajstić information content (AvgIpc) is 2.41. The quantitative estimate of drug-likeness (QED) is 0.889. The Morgan fingerprint density at radius 2 is 1.80 bits per heavy atom. The molecule has 0 spiro atoms. The van der Waals surface area contributed by atoms with E-state index in [0.717, 1.165) is 17.7 Å². The lowest BCUT2D eigenvalue weighted by atomic mass is 9.97. The molecular formula is C18H23NO. The van der Waals surface area contributed by atoms with Crippen molar-refractivity contribution in [2.45, 2.75) is 39.3 Å². The summed E-state index contributed by atoms with van der Waals surface area (Å²) in [4.78, 5) is 0. The number of ether oxygens (including phenoxy) is 1. The highest BCUT2D eigenvalue weighted by Gasteiger charge is 2.10. The minimum atomic E-state index is -0.00758. The summed E-state index contributed by atoms with van der Waals surface area (Å²) in [6.07, 6.45) is 1.02. The van der Waals surface area contributed by atoms with Gasteiger partial charge < -0.3 is 10.5 Å². The van der Waals surface area contributed by atoms with Gasteiger partial charge in [0.2, 0.25) is 0 Å². The van der Waals surface area contributed by atoms with E-state index in [1.54, 1.807) is 0 Å². The molecule has 0 aliphatic carbocycles. The van der Waals surface area contributed by atoms with Gasteiger partial charge in [0.25, 0.3) is 0 Å². The summed E-state index contributed by atoms with van der Waals surface area (Å²) in [5.41, 5.74) is 10.0. The molecule has 0 amide bonds. The van der Waals surface area contributed by atoms with E-state index in [4.69, 9.17) is 10.5 Å². The Balaban J connectivity index is 2.13. The molecule has 106 valence electrons. The van der Waals surface area contributed by atoms with Crippen LogP contribution in [0.3, 0.4) is 0 Å². The normalized spacial score (nSPS) is 12.4. The Morgan fingerprint density at radius 1 is 1.05 bits per heavy atom. The van der Waals surface area contributed by atoms with Gasteiger partial charge in [-0.15, -0.1) is 0 Å². The molecular weight excluding hydrogens is 246 g/mol. The minimum absolute atomic E-state index is 0.00758. The number of aryl methyl sites for hydroxylation is 1. The Hall–Kier alpha value is -1.80. The summed E-state index contributed by atoms with van der Waals surface area (Å²) in [6.45, 7) is 6.18. The van der Waals surface area contributed by atoms with Crippen molar-refractivity contribution in [1.82, 2.24) is 0 Å². The molecule has 20 heavy (non-hydrogen) atoms. The lowest BCUT2D eigenvalue weighted by Gasteiger charge is -2.16. The summed E-state index contributed by atoms with van der Waals surface area (Å²) < 4.78 is 5.72. The highest BCUT2D eigenvalue weighted by molar-refractivity contribution is 5.33. The van der Waals surface area contributed by atoms with E-state index in [9.17, 15) is 0 Å². The van der Waals surface area contributed by atoms with Crippen LogP contribution in [0.15, 0.2) is 48.5 Å². The topological polar surface area (TPSA) is 35.2 Å². The smallest absolute Gasteiger partial charge is 0.120 e. The predicted octanol–water partition coefficient (Wildman–Crippen LogP) is 4.02. The fraction of sp³-hybridized carbons (Fsp3) is 0.333. The largest absolute Gasteiger partial charge is 0.491 e. The molecule has 0 bridgehead atoms. The van der Waals surface area contributed by atoms with Crippen LogP contribution in [0.2, 0.25) is 0 Å². The van der Waals surface area contributed by atoms with Gasteiger partial charge in [0.1, 0.15) is 5.75 Å². The zero-order valence-corrected chi connectivity index (χ0v) is 12.5. The molecule has 1 unspecified atom stereocenters. The van der Waals surface area contributed by atoms with Crippen LogP contribution in [0.25, 0.3) is 0 Å². The summed E-state index contributed by atoms with van der Waals surface area (Å²) >= 11 is 0. The average molecular weight is 269 g/mol. The van der Waals surface area contributed by atoms with E-state index in [1.165, 1.54) is 11.1 Å². The van der Waals surface area contributed by atoms with Gasteiger partial charge >= 0.3 is 0 Å². The Labute approximate surface area is 121 Å². The van der Waals surface area contributed by atoms with E-state index in [2.05, 4.69) is 37.3 Å². The lowest BCUT2D eigenvalue weighted by Crippen LogP contribution is -2.14. The summed E-state index contributed by atoms with van der Waals surface area (Å²) in [7, 11) is 0. The monoisotopic (exact) mass is 269 g/mol. The molecule has 0 saturated carbocycles. The van der Waals surface area contributed by atoms with E-state index >= 15 is 0 Å². The van der Waals surface area contributed by atoms with Crippen molar-refractivity contribution in [3.63, 3.8) is 0 Å². The van der Waals surface area contributed by atoms with E-state index in [1.807, 2.05) is 32.0 Å². The first-order valence-corrected chi connectivity index (χ1v) is 7.13. The molecule has 2 N–H and O–H groups in total. The fourth-order valence-electron chi connectivity index (χ4n) is 2.28. The van der Waals surface area contributed by atoms with Gasteiger partial charge in [-0.05, 0) is 56.0 Å². The summed E-state index contributed by atoms with van der Waals surface area (Å²) in [5.74, 6) is 0.887. The van der Waals surface area contributed by atoms with Crippen molar-refractivity contribution >= 4 is 0 Å². The van der Waals surface area contributed by atoms with Crippen LogP contribution in [0.5, 0.6) is 5.75 Å². The van der Waals surface area contributed by atoms with Gasteiger partial charge in [0.15, 0.2) is 0 Å². The number of hydrogen-bond donors (Lipinski definition) is 1. The highest BCUT2D eigenvalue weighted by Crippen LogP contribution is 2.22. The van der Waals surface area contributed by atoms with Crippen LogP contribution < -0.4 is 10.5 Å². The molecule has 0 aliphatic heterocycles. The van der Waals surface area contributed by atoms with Crippen LogP contribution in [-0.2, 0) is 6.42 Å². The molecule has 2 rings (SSSR count). The molecule has 2 heteroatoms. The Morgan fingerprint density at radius 3 is 2.50 bits per heavy atom. The third-order valence-electron chi connectivity index (χ3n) is 3.36. The van der Waals surface area contributed by atoms with Crippen LogP contribution in [-0.4, -0.2) is 6.10 Å². The van der Waals surface area contributed by atoms with Gasteiger partial charge in [-0.25, -0.2) is 0 Å². The Bertz CT molecular complexity index is 563. The number of rotatable bonds is 5. The maximum atomic E-state index is 6.34. The predicted molar refractivity (Wildman–Crippen MR) is 84.0 cm³/mol. The summed E-state index contributed by atoms with van der Waals surface area (Å²) in [5, 5.41) is 0. The van der Waals surface area contributed by atoms with E-state index in [0.29, 0.717) is 0 Å². The standard InChI is InChI=1S/C18H23NO/c1-13(2)20-17-10-6-9-16(11-17)18(19)12-15-8-5-4-7-14(15)3/h4-11,13,18H,12,19H2,1-3H3. The molecule has 2 aromatic rings.